The summed E-state index contributed by atoms with van der Waals surface area (Å²) >= 11 is 0. The Labute approximate surface area is 98.4 Å². The van der Waals surface area contributed by atoms with Crippen molar-refractivity contribution in [3.63, 3.8) is 0 Å². The van der Waals surface area contributed by atoms with Gasteiger partial charge in [0.05, 0.1) is 6.10 Å². The average molecular weight is 231 g/mol. The summed E-state index contributed by atoms with van der Waals surface area (Å²) in [5.74, 6) is -0.236. The molecule has 0 aromatic carbocycles. The molecule has 96 valence electrons. The Morgan fingerprint density at radius 3 is 2.38 bits per heavy atom. The van der Waals surface area contributed by atoms with Crippen molar-refractivity contribution in [1.29, 1.82) is 0 Å². The second-order valence-corrected chi connectivity index (χ2v) is 4.95. The Morgan fingerprint density at radius 2 is 2.00 bits per heavy atom. The summed E-state index contributed by atoms with van der Waals surface area (Å²) in [6.45, 7) is 8.46. The molecule has 16 heavy (non-hydrogen) atoms. The fraction of sp³-hybridized carbons (Fsp3) is 0.917. The van der Waals surface area contributed by atoms with Gasteiger partial charge in [0.1, 0.15) is 5.54 Å². The van der Waals surface area contributed by atoms with E-state index in [1.807, 2.05) is 6.92 Å². The molecule has 0 aliphatic heterocycles. The number of hydrogen-bond acceptors (Lipinski definition) is 3. The van der Waals surface area contributed by atoms with Gasteiger partial charge in [-0.2, -0.15) is 0 Å². The second-order valence-electron chi connectivity index (χ2n) is 4.95. The summed E-state index contributed by atoms with van der Waals surface area (Å²) < 4.78 is 5.60. The summed E-state index contributed by atoms with van der Waals surface area (Å²) in [4.78, 5) is 11.0. The molecule has 2 unspecified atom stereocenters. The highest BCUT2D eigenvalue weighted by molar-refractivity contribution is 5.78. The molecule has 0 saturated heterocycles. The first-order chi connectivity index (χ1) is 7.31. The van der Waals surface area contributed by atoms with E-state index < -0.39 is 11.5 Å². The maximum Gasteiger partial charge on any atom is 0.323 e. The molecule has 0 aromatic rings. The van der Waals surface area contributed by atoms with Gasteiger partial charge in [-0.3, -0.25) is 4.79 Å². The third-order valence-electron chi connectivity index (χ3n) is 2.83. The van der Waals surface area contributed by atoms with Crippen molar-refractivity contribution in [1.82, 2.24) is 5.32 Å². The van der Waals surface area contributed by atoms with Crippen LogP contribution in [0.1, 0.15) is 40.5 Å². The van der Waals surface area contributed by atoms with E-state index in [0.29, 0.717) is 18.9 Å². The molecular formula is C12H25NO3. The molecule has 0 aliphatic carbocycles. The molecule has 0 bridgehead atoms. The molecule has 0 fully saturated rings. The Kier molecular flexibility index (Phi) is 6.60. The van der Waals surface area contributed by atoms with Crippen molar-refractivity contribution in [2.45, 2.75) is 52.2 Å². The number of rotatable bonds is 8. The molecule has 0 rings (SSSR count). The maximum atomic E-state index is 11.0. The van der Waals surface area contributed by atoms with E-state index in [0.717, 1.165) is 6.42 Å². The number of carboxylic acid groups (broad SMARTS) is 1. The third-order valence-corrected chi connectivity index (χ3v) is 2.83. The van der Waals surface area contributed by atoms with Gasteiger partial charge in [-0.25, -0.2) is 0 Å². The molecule has 0 radical (unpaired) electrons. The highest BCUT2D eigenvalue weighted by atomic mass is 16.5. The van der Waals surface area contributed by atoms with Crippen LogP contribution in [0.15, 0.2) is 0 Å². The summed E-state index contributed by atoms with van der Waals surface area (Å²) in [7, 11) is 1.66. The summed E-state index contributed by atoms with van der Waals surface area (Å²) in [5.41, 5.74) is -0.891. The Bertz CT molecular complexity index is 218. The highest BCUT2D eigenvalue weighted by Gasteiger charge is 2.30. The minimum Gasteiger partial charge on any atom is -0.480 e. The van der Waals surface area contributed by atoms with Gasteiger partial charge in [0.2, 0.25) is 0 Å². The van der Waals surface area contributed by atoms with Crippen molar-refractivity contribution in [3.05, 3.63) is 0 Å². The van der Waals surface area contributed by atoms with Gasteiger partial charge in [0.15, 0.2) is 0 Å². The Morgan fingerprint density at radius 1 is 1.44 bits per heavy atom. The van der Waals surface area contributed by atoms with E-state index in [1.54, 1.807) is 14.0 Å². The van der Waals surface area contributed by atoms with E-state index in [1.165, 1.54) is 0 Å². The van der Waals surface area contributed by atoms with Crippen LogP contribution in [0, 0.1) is 5.92 Å². The SMILES string of the molecule is CNC(C)(CCOC(C)CC(C)C)C(=O)O. The molecule has 0 aliphatic rings. The van der Waals surface area contributed by atoms with Crippen LogP contribution in [0.2, 0.25) is 0 Å². The normalized spacial score (nSPS) is 17.1. The van der Waals surface area contributed by atoms with Crippen molar-refractivity contribution in [2.24, 2.45) is 5.92 Å². The van der Waals surface area contributed by atoms with Crippen LogP contribution in [0.4, 0.5) is 0 Å². The fourth-order valence-electron chi connectivity index (χ4n) is 1.53. The van der Waals surface area contributed by atoms with Gasteiger partial charge in [-0.15, -0.1) is 0 Å². The topological polar surface area (TPSA) is 58.6 Å². The zero-order valence-electron chi connectivity index (χ0n) is 11.0. The van der Waals surface area contributed by atoms with Gasteiger partial charge < -0.3 is 15.2 Å². The van der Waals surface area contributed by atoms with Gasteiger partial charge >= 0.3 is 5.97 Å². The minimum atomic E-state index is -0.891. The van der Waals surface area contributed by atoms with E-state index in [9.17, 15) is 4.79 Å². The lowest BCUT2D eigenvalue weighted by Gasteiger charge is -2.25. The lowest BCUT2D eigenvalue weighted by molar-refractivity contribution is -0.145. The number of hydrogen-bond donors (Lipinski definition) is 2. The molecule has 2 N–H and O–H groups in total. The molecule has 0 aromatic heterocycles. The molecule has 2 atom stereocenters. The fourth-order valence-corrected chi connectivity index (χ4v) is 1.53. The lowest BCUT2D eigenvalue weighted by Crippen LogP contribution is -2.48. The molecule has 0 spiro atoms. The molecule has 0 amide bonds. The minimum absolute atomic E-state index is 0.190. The molecule has 4 nitrogen and oxygen atoms in total. The highest BCUT2D eigenvalue weighted by Crippen LogP contribution is 2.12. The maximum absolute atomic E-state index is 11.0. The monoisotopic (exact) mass is 231 g/mol. The van der Waals surface area contributed by atoms with Crippen molar-refractivity contribution < 1.29 is 14.6 Å². The molecular weight excluding hydrogens is 206 g/mol. The smallest absolute Gasteiger partial charge is 0.323 e. The van der Waals surface area contributed by atoms with Crippen LogP contribution >= 0.6 is 0 Å². The number of ether oxygens (including phenoxy) is 1. The van der Waals surface area contributed by atoms with Crippen LogP contribution in [0.3, 0.4) is 0 Å². The average Bonchev–Trinajstić information content (AvgIpc) is 2.15. The summed E-state index contributed by atoms with van der Waals surface area (Å²) in [6.07, 6.45) is 1.67. The Hall–Kier alpha value is -0.610. The van der Waals surface area contributed by atoms with Crippen LogP contribution < -0.4 is 5.32 Å². The standard InChI is InChI=1S/C12H25NO3/c1-9(2)8-10(3)16-7-6-12(4,13-5)11(14)15/h9-10,13H,6-8H2,1-5H3,(H,14,15). The Balaban J connectivity index is 3.92. The lowest BCUT2D eigenvalue weighted by atomic mass is 9.99. The van der Waals surface area contributed by atoms with Crippen LogP contribution in [0.25, 0.3) is 0 Å². The number of aliphatic carboxylic acids is 1. The second kappa shape index (κ2) is 6.86. The van der Waals surface area contributed by atoms with E-state index in [4.69, 9.17) is 9.84 Å². The number of carboxylic acids is 1. The van der Waals surface area contributed by atoms with Crippen LogP contribution in [-0.4, -0.2) is 36.4 Å². The zero-order chi connectivity index (χ0) is 12.8. The first kappa shape index (κ1) is 15.4. The number of nitrogens with one attached hydrogen (secondary N) is 1. The number of carbonyl (C=O) groups is 1. The van der Waals surface area contributed by atoms with Gasteiger partial charge in [0, 0.05) is 6.61 Å². The van der Waals surface area contributed by atoms with E-state index in [-0.39, 0.29) is 6.10 Å². The first-order valence-corrected chi connectivity index (χ1v) is 5.85. The van der Waals surface area contributed by atoms with Gasteiger partial charge in [0.25, 0.3) is 0 Å². The predicted molar refractivity (Wildman–Crippen MR) is 64.6 cm³/mol. The molecule has 0 saturated carbocycles. The van der Waals surface area contributed by atoms with Crippen LogP contribution in [0.5, 0.6) is 0 Å². The number of likely N-dealkylation sites (N-methyl/N-ethyl adjacent to an activating group) is 1. The van der Waals surface area contributed by atoms with Crippen LogP contribution in [-0.2, 0) is 9.53 Å². The molecule has 4 heteroatoms. The zero-order valence-corrected chi connectivity index (χ0v) is 11.0. The van der Waals surface area contributed by atoms with E-state index in [2.05, 4.69) is 19.2 Å². The first-order valence-electron chi connectivity index (χ1n) is 5.85. The largest absolute Gasteiger partial charge is 0.480 e. The summed E-state index contributed by atoms with van der Waals surface area (Å²) in [6, 6.07) is 0. The quantitative estimate of drug-likeness (QED) is 0.670. The predicted octanol–water partition coefficient (Wildman–Crippen LogP) is 1.89. The van der Waals surface area contributed by atoms with Crippen molar-refractivity contribution in [2.75, 3.05) is 13.7 Å². The van der Waals surface area contributed by atoms with E-state index >= 15 is 0 Å². The van der Waals surface area contributed by atoms with Gasteiger partial charge in [-0.05, 0) is 39.7 Å². The summed E-state index contributed by atoms with van der Waals surface area (Å²) in [5, 5.41) is 11.8. The third kappa shape index (κ3) is 5.47. The van der Waals surface area contributed by atoms with Crippen molar-refractivity contribution >= 4 is 5.97 Å². The molecule has 0 heterocycles. The van der Waals surface area contributed by atoms with Gasteiger partial charge in [-0.1, -0.05) is 13.8 Å². The van der Waals surface area contributed by atoms with Crippen molar-refractivity contribution in [3.8, 4) is 0 Å².